The summed E-state index contributed by atoms with van der Waals surface area (Å²) >= 11 is 0. The topological polar surface area (TPSA) is 116 Å². The van der Waals surface area contributed by atoms with Crippen molar-refractivity contribution in [2.24, 2.45) is 0 Å². The summed E-state index contributed by atoms with van der Waals surface area (Å²) in [5.74, 6) is -0.0186. The van der Waals surface area contributed by atoms with E-state index in [9.17, 15) is 9.90 Å². The summed E-state index contributed by atoms with van der Waals surface area (Å²) in [5, 5.41) is 26.3. The third kappa shape index (κ3) is 4.14. The first-order valence-corrected chi connectivity index (χ1v) is 10.3. The SMILES string of the molecule is Cc1cnc(Nc2ccc3c(c2)CCN3C(=O)[C@@H](O)CO)nc1-c1cnn(C(C)C)c1. The summed E-state index contributed by atoms with van der Waals surface area (Å²) < 4.78 is 1.89. The van der Waals surface area contributed by atoms with Gasteiger partial charge in [-0.3, -0.25) is 9.48 Å². The number of hydrogen-bond donors (Lipinski definition) is 3. The van der Waals surface area contributed by atoms with Gasteiger partial charge in [0.2, 0.25) is 5.95 Å². The van der Waals surface area contributed by atoms with Crippen molar-refractivity contribution in [3.05, 3.63) is 47.9 Å². The molecule has 1 aromatic carbocycles. The maximum Gasteiger partial charge on any atom is 0.258 e. The van der Waals surface area contributed by atoms with E-state index >= 15 is 0 Å². The second-order valence-electron chi connectivity index (χ2n) is 7.93. The van der Waals surface area contributed by atoms with Gasteiger partial charge in [0.1, 0.15) is 0 Å². The largest absolute Gasteiger partial charge is 0.393 e. The molecule has 0 unspecified atom stereocenters. The third-order valence-electron chi connectivity index (χ3n) is 5.33. The highest BCUT2D eigenvalue weighted by Crippen LogP contribution is 2.32. The van der Waals surface area contributed by atoms with Gasteiger partial charge in [0.15, 0.2) is 6.10 Å². The number of aliphatic hydroxyl groups is 2. The Hall–Kier alpha value is -3.30. The summed E-state index contributed by atoms with van der Waals surface area (Å²) in [4.78, 5) is 22.8. The van der Waals surface area contributed by atoms with Crippen LogP contribution in [0.3, 0.4) is 0 Å². The van der Waals surface area contributed by atoms with Crippen LogP contribution in [0.15, 0.2) is 36.8 Å². The number of carbonyl (C=O) groups is 1. The number of nitrogens with zero attached hydrogens (tertiary/aromatic N) is 5. The van der Waals surface area contributed by atoms with E-state index in [2.05, 4.69) is 34.2 Å². The molecule has 162 valence electrons. The van der Waals surface area contributed by atoms with E-state index < -0.39 is 18.6 Å². The lowest BCUT2D eigenvalue weighted by Gasteiger charge is -2.20. The van der Waals surface area contributed by atoms with Crippen molar-refractivity contribution in [3.63, 3.8) is 0 Å². The van der Waals surface area contributed by atoms with Gasteiger partial charge in [0, 0.05) is 41.9 Å². The number of hydrogen-bond acceptors (Lipinski definition) is 7. The number of rotatable bonds is 6. The molecular formula is C22H26N6O3. The maximum absolute atomic E-state index is 12.2. The number of benzene rings is 1. The highest BCUT2D eigenvalue weighted by atomic mass is 16.3. The highest BCUT2D eigenvalue weighted by molar-refractivity contribution is 5.98. The molecule has 0 spiro atoms. The minimum atomic E-state index is -1.40. The van der Waals surface area contributed by atoms with E-state index in [-0.39, 0.29) is 6.04 Å². The van der Waals surface area contributed by atoms with Crippen molar-refractivity contribution in [1.29, 1.82) is 0 Å². The van der Waals surface area contributed by atoms with Gasteiger partial charge in [-0.2, -0.15) is 5.10 Å². The first-order chi connectivity index (χ1) is 14.9. The molecule has 2 aromatic heterocycles. The van der Waals surface area contributed by atoms with Crippen LogP contribution in [-0.2, 0) is 11.2 Å². The first-order valence-electron chi connectivity index (χ1n) is 10.3. The van der Waals surface area contributed by atoms with Crippen LogP contribution in [0.1, 0.15) is 31.0 Å². The fraction of sp³-hybridized carbons (Fsp3) is 0.364. The Labute approximate surface area is 180 Å². The van der Waals surface area contributed by atoms with Gasteiger partial charge in [-0.15, -0.1) is 0 Å². The van der Waals surface area contributed by atoms with Gasteiger partial charge >= 0.3 is 0 Å². The van der Waals surface area contributed by atoms with Gasteiger partial charge in [0.25, 0.3) is 5.91 Å². The van der Waals surface area contributed by atoms with Crippen LogP contribution in [0.5, 0.6) is 0 Å². The molecule has 3 N–H and O–H groups in total. The zero-order valence-electron chi connectivity index (χ0n) is 17.8. The Bertz CT molecular complexity index is 1110. The smallest absolute Gasteiger partial charge is 0.258 e. The van der Waals surface area contributed by atoms with Crippen molar-refractivity contribution in [1.82, 2.24) is 19.7 Å². The Morgan fingerprint density at radius 1 is 1.29 bits per heavy atom. The van der Waals surface area contributed by atoms with E-state index in [4.69, 9.17) is 5.11 Å². The number of aryl methyl sites for hydroxylation is 1. The Balaban J connectivity index is 1.56. The fourth-order valence-corrected chi connectivity index (χ4v) is 3.63. The molecule has 0 saturated carbocycles. The summed E-state index contributed by atoms with van der Waals surface area (Å²) in [5.41, 5.74) is 5.24. The third-order valence-corrected chi connectivity index (χ3v) is 5.33. The molecule has 1 aliphatic rings. The number of nitrogens with one attached hydrogen (secondary N) is 1. The number of anilines is 3. The zero-order chi connectivity index (χ0) is 22.1. The molecule has 3 aromatic rings. The molecule has 9 heteroatoms. The van der Waals surface area contributed by atoms with Gasteiger partial charge in [0.05, 0.1) is 18.5 Å². The molecule has 9 nitrogen and oxygen atoms in total. The number of carbonyl (C=O) groups excluding carboxylic acids is 1. The second kappa shape index (κ2) is 8.44. The van der Waals surface area contributed by atoms with E-state index in [1.54, 1.807) is 12.4 Å². The van der Waals surface area contributed by atoms with E-state index in [1.807, 2.05) is 36.0 Å². The molecule has 4 rings (SSSR count). The second-order valence-corrected chi connectivity index (χ2v) is 7.93. The molecule has 3 heterocycles. The molecule has 1 amide bonds. The molecule has 1 atom stereocenters. The van der Waals surface area contributed by atoms with Gasteiger partial charge < -0.3 is 20.4 Å². The first kappa shape index (κ1) is 21.0. The average Bonchev–Trinajstić information content (AvgIpc) is 3.41. The molecule has 0 aliphatic carbocycles. The lowest BCUT2D eigenvalue weighted by Crippen LogP contribution is -2.39. The molecule has 0 fully saturated rings. The van der Waals surface area contributed by atoms with Gasteiger partial charge in [-0.1, -0.05) is 0 Å². The number of aliphatic hydroxyl groups excluding tert-OH is 2. The standard InChI is InChI=1S/C22H26N6O3/c1-13(2)28-11-16(10-24-28)20-14(3)9-23-22(26-20)25-17-4-5-18-15(8-17)6-7-27(18)21(31)19(30)12-29/h4-5,8-11,13,19,29-30H,6-7,12H2,1-3H3,(H,23,25,26)/t19-/m0/s1. The number of fused-ring (bicyclic) bond motifs is 1. The van der Waals surface area contributed by atoms with Crippen LogP contribution in [0.2, 0.25) is 0 Å². The van der Waals surface area contributed by atoms with Crippen molar-refractivity contribution >= 4 is 23.2 Å². The van der Waals surface area contributed by atoms with Crippen LogP contribution in [-0.4, -0.2) is 55.1 Å². The summed E-state index contributed by atoms with van der Waals surface area (Å²) in [6, 6.07) is 5.89. The monoisotopic (exact) mass is 422 g/mol. The summed E-state index contributed by atoms with van der Waals surface area (Å²) in [7, 11) is 0. The predicted octanol–water partition coefficient (Wildman–Crippen LogP) is 2.22. The van der Waals surface area contributed by atoms with E-state index in [0.717, 1.165) is 33.8 Å². The average molecular weight is 422 g/mol. The van der Waals surface area contributed by atoms with Gasteiger partial charge in [-0.25, -0.2) is 9.97 Å². The summed E-state index contributed by atoms with van der Waals surface area (Å²) in [6.45, 7) is 5.99. The van der Waals surface area contributed by atoms with Crippen molar-refractivity contribution in [3.8, 4) is 11.3 Å². The molecule has 31 heavy (non-hydrogen) atoms. The van der Waals surface area contributed by atoms with E-state index in [0.29, 0.717) is 18.9 Å². The maximum atomic E-state index is 12.2. The number of amides is 1. The lowest BCUT2D eigenvalue weighted by molar-refractivity contribution is -0.128. The molecule has 0 radical (unpaired) electrons. The van der Waals surface area contributed by atoms with E-state index in [1.165, 1.54) is 4.90 Å². The quantitative estimate of drug-likeness (QED) is 0.558. The molecular weight excluding hydrogens is 396 g/mol. The van der Waals surface area contributed by atoms with Crippen LogP contribution in [0, 0.1) is 6.92 Å². The van der Waals surface area contributed by atoms with Crippen LogP contribution >= 0.6 is 0 Å². The fourth-order valence-electron chi connectivity index (χ4n) is 3.63. The van der Waals surface area contributed by atoms with Crippen molar-refractivity contribution in [2.75, 3.05) is 23.4 Å². The van der Waals surface area contributed by atoms with Crippen LogP contribution < -0.4 is 10.2 Å². The van der Waals surface area contributed by atoms with Gasteiger partial charge in [-0.05, 0) is 56.5 Å². The Kier molecular flexibility index (Phi) is 5.71. The van der Waals surface area contributed by atoms with Crippen LogP contribution in [0.4, 0.5) is 17.3 Å². The van der Waals surface area contributed by atoms with Crippen molar-refractivity contribution in [2.45, 2.75) is 39.3 Å². The summed E-state index contributed by atoms with van der Waals surface area (Å²) in [6.07, 6.45) is 4.83. The Morgan fingerprint density at radius 3 is 2.81 bits per heavy atom. The molecule has 0 saturated heterocycles. The minimum Gasteiger partial charge on any atom is -0.393 e. The lowest BCUT2D eigenvalue weighted by atomic mass is 10.1. The normalized spacial score (nSPS) is 14.1. The van der Waals surface area contributed by atoms with Crippen LogP contribution in [0.25, 0.3) is 11.3 Å². The molecule has 1 aliphatic heterocycles. The predicted molar refractivity (Wildman–Crippen MR) is 117 cm³/mol. The number of aromatic nitrogens is 4. The molecule has 0 bridgehead atoms. The minimum absolute atomic E-state index is 0.268. The Morgan fingerprint density at radius 2 is 2.10 bits per heavy atom. The zero-order valence-corrected chi connectivity index (χ0v) is 17.8. The highest BCUT2D eigenvalue weighted by Gasteiger charge is 2.29. The van der Waals surface area contributed by atoms with Crippen molar-refractivity contribution < 1.29 is 15.0 Å².